The van der Waals surface area contributed by atoms with Gasteiger partial charge in [0.2, 0.25) is 5.78 Å². The van der Waals surface area contributed by atoms with Gasteiger partial charge in [0, 0.05) is 13.1 Å². The molecule has 0 aromatic heterocycles. The van der Waals surface area contributed by atoms with Gasteiger partial charge in [0.15, 0.2) is 17.3 Å². The van der Waals surface area contributed by atoms with Crippen molar-refractivity contribution in [1.29, 1.82) is 0 Å². The van der Waals surface area contributed by atoms with Gasteiger partial charge in [-0.1, -0.05) is 36.4 Å². The second kappa shape index (κ2) is 8.64. The maximum Gasteiger partial charge on any atom is 0.232 e. The summed E-state index contributed by atoms with van der Waals surface area (Å²) in [5, 5.41) is 0. The summed E-state index contributed by atoms with van der Waals surface area (Å²) in [5.41, 5.74) is 4.35. The van der Waals surface area contributed by atoms with E-state index in [1.807, 2.05) is 43.3 Å². The first kappa shape index (κ1) is 21.1. The number of rotatable bonds is 5. The predicted molar refractivity (Wildman–Crippen MR) is 125 cm³/mol. The molecule has 0 saturated heterocycles. The van der Waals surface area contributed by atoms with Crippen molar-refractivity contribution in [3.05, 3.63) is 88.2 Å². The molecule has 0 radical (unpaired) electrons. The number of carbonyl (C=O) groups is 1. The number of Topliss-reactive ketones (excluding diaryl/α,β-unsaturated/α-hetero) is 1. The molecule has 5 rings (SSSR count). The third-order valence-electron chi connectivity index (χ3n) is 5.94. The number of ketones is 1. The summed E-state index contributed by atoms with van der Waals surface area (Å²) in [6.07, 6.45) is 1.74. The number of fused-ring (bicyclic) bond motifs is 3. The second-order valence-electron chi connectivity index (χ2n) is 8.17. The first-order chi connectivity index (χ1) is 16.1. The number of benzene rings is 3. The third kappa shape index (κ3) is 3.94. The lowest BCUT2D eigenvalue weighted by Gasteiger charge is -2.30. The maximum atomic E-state index is 13.3. The van der Waals surface area contributed by atoms with Crippen molar-refractivity contribution >= 4 is 11.9 Å². The van der Waals surface area contributed by atoms with E-state index in [-0.39, 0.29) is 11.5 Å². The molecule has 2 heterocycles. The second-order valence-corrected chi connectivity index (χ2v) is 8.17. The highest BCUT2D eigenvalue weighted by Crippen LogP contribution is 2.44. The zero-order valence-corrected chi connectivity index (χ0v) is 18.9. The SMILES string of the molecule is COc1ccc(/C=C2\Oc3c4c(cc(C)c3C2=O)OCN(Cc2ccccc2)C4)cc1OC. The maximum absolute atomic E-state index is 13.3. The van der Waals surface area contributed by atoms with Crippen molar-refractivity contribution in [2.75, 3.05) is 21.0 Å². The Hall–Kier alpha value is -3.77. The van der Waals surface area contributed by atoms with Gasteiger partial charge in [-0.15, -0.1) is 0 Å². The fourth-order valence-electron chi connectivity index (χ4n) is 4.31. The van der Waals surface area contributed by atoms with Crippen molar-refractivity contribution in [1.82, 2.24) is 4.90 Å². The molecular formula is C27H25NO5. The molecule has 0 amide bonds. The fourth-order valence-corrected chi connectivity index (χ4v) is 4.31. The van der Waals surface area contributed by atoms with Crippen molar-refractivity contribution < 1.29 is 23.7 Å². The molecule has 0 unspecified atom stereocenters. The van der Waals surface area contributed by atoms with Gasteiger partial charge in [-0.2, -0.15) is 0 Å². The standard InChI is InChI=1S/C27H25NO5/c1-17-11-22-20(15-28(16-32-22)14-18-7-5-4-6-8-18)27-25(17)26(29)24(33-27)13-19-9-10-21(30-2)23(12-19)31-3/h4-13H,14-16H2,1-3H3/b24-13-. The molecule has 3 aromatic rings. The van der Waals surface area contributed by atoms with E-state index in [1.54, 1.807) is 26.4 Å². The zero-order valence-electron chi connectivity index (χ0n) is 18.9. The number of aryl methyl sites for hydroxylation is 1. The number of hydrogen-bond acceptors (Lipinski definition) is 6. The molecule has 0 spiro atoms. The molecule has 33 heavy (non-hydrogen) atoms. The van der Waals surface area contributed by atoms with E-state index >= 15 is 0 Å². The number of carbonyl (C=O) groups excluding carboxylic acids is 1. The Morgan fingerprint density at radius 2 is 1.82 bits per heavy atom. The lowest BCUT2D eigenvalue weighted by atomic mass is 9.98. The monoisotopic (exact) mass is 443 g/mol. The Balaban J connectivity index is 1.46. The average molecular weight is 443 g/mol. The lowest BCUT2D eigenvalue weighted by Crippen LogP contribution is -2.31. The van der Waals surface area contributed by atoms with Crippen molar-refractivity contribution in [2.45, 2.75) is 20.0 Å². The van der Waals surface area contributed by atoms with Crippen LogP contribution in [0, 0.1) is 6.92 Å². The Morgan fingerprint density at radius 3 is 2.58 bits per heavy atom. The third-order valence-corrected chi connectivity index (χ3v) is 5.94. The summed E-state index contributed by atoms with van der Waals surface area (Å²) in [4.78, 5) is 15.4. The van der Waals surface area contributed by atoms with Crippen LogP contribution < -0.4 is 18.9 Å². The van der Waals surface area contributed by atoms with E-state index in [4.69, 9.17) is 18.9 Å². The van der Waals surface area contributed by atoms with Crippen LogP contribution in [0.3, 0.4) is 0 Å². The molecule has 0 atom stereocenters. The van der Waals surface area contributed by atoms with Crippen molar-refractivity contribution in [3.8, 4) is 23.0 Å². The van der Waals surface area contributed by atoms with Crippen molar-refractivity contribution in [2.24, 2.45) is 0 Å². The van der Waals surface area contributed by atoms with Crippen LogP contribution in [0.2, 0.25) is 0 Å². The molecule has 3 aromatic carbocycles. The first-order valence-corrected chi connectivity index (χ1v) is 10.8. The van der Waals surface area contributed by atoms with Gasteiger partial charge in [0.25, 0.3) is 0 Å². The molecule has 6 nitrogen and oxygen atoms in total. The lowest BCUT2D eigenvalue weighted by molar-refractivity contribution is 0.0872. The van der Waals surface area contributed by atoms with Gasteiger partial charge in [-0.05, 0) is 47.9 Å². The van der Waals surface area contributed by atoms with Crippen LogP contribution >= 0.6 is 0 Å². The minimum atomic E-state index is -0.125. The minimum absolute atomic E-state index is 0.125. The normalized spacial score (nSPS) is 16.1. The van der Waals surface area contributed by atoms with Gasteiger partial charge < -0.3 is 18.9 Å². The average Bonchev–Trinajstić information content (AvgIpc) is 3.16. The molecule has 0 N–H and O–H groups in total. The Labute approximate surface area is 193 Å². The van der Waals surface area contributed by atoms with E-state index in [9.17, 15) is 4.79 Å². The van der Waals surface area contributed by atoms with Crippen molar-refractivity contribution in [3.63, 3.8) is 0 Å². The van der Waals surface area contributed by atoms with Gasteiger partial charge in [-0.25, -0.2) is 0 Å². The van der Waals surface area contributed by atoms with E-state index in [1.165, 1.54) is 5.56 Å². The number of ether oxygens (including phenoxy) is 4. The van der Waals surface area contributed by atoms with Crippen LogP contribution in [0.25, 0.3) is 6.08 Å². The van der Waals surface area contributed by atoms with Gasteiger partial charge in [0.05, 0.1) is 25.3 Å². The smallest absolute Gasteiger partial charge is 0.232 e. The van der Waals surface area contributed by atoms with E-state index in [0.717, 1.165) is 29.0 Å². The zero-order chi connectivity index (χ0) is 22.9. The quantitative estimate of drug-likeness (QED) is 0.519. The summed E-state index contributed by atoms with van der Waals surface area (Å²) < 4.78 is 22.9. The highest BCUT2D eigenvalue weighted by Gasteiger charge is 2.35. The fraction of sp³-hybridized carbons (Fsp3) is 0.222. The summed E-state index contributed by atoms with van der Waals surface area (Å²) in [6.45, 7) is 3.80. The largest absolute Gasteiger partial charge is 0.493 e. The predicted octanol–water partition coefficient (Wildman–Crippen LogP) is 4.98. The Bertz CT molecular complexity index is 1250. The Morgan fingerprint density at radius 1 is 1.03 bits per heavy atom. The number of methoxy groups -OCH3 is 2. The molecule has 2 aliphatic heterocycles. The summed E-state index contributed by atoms with van der Waals surface area (Å²) in [7, 11) is 3.17. The number of allylic oxidation sites excluding steroid dienone is 1. The molecule has 0 bridgehead atoms. The molecule has 2 aliphatic rings. The molecule has 0 fully saturated rings. The van der Waals surface area contributed by atoms with E-state index in [2.05, 4.69) is 17.0 Å². The van der Waals surface area contributed by atoms with Gasteiger partial charge >= 0.3 is 0 Å². The van der Waals surface area contributed by atoms with Gasteiger partial charge in [0.1, 0.15) is 18.2 Å². The first-order valence-electron chi connectivity index (χ1n) is 10.8. The summed E-state index contributed by atoms with van der Waals surface area (Å²) >= 11 is 0. The van der Waals surface area contributed by atoms with E-state index < -0.39 is 0 Å². The van der Waals surface area contributed by atoms with Crippen LogP contribution in [-0.2, 0) is 13.1 Å². The van der Waals surface area contributed by atoms with Crippen LogP contribution in [0.1, 0.15) is 32.6 Å². The topological polar surface area (TPSA) is 57.2 Å². The van der Waals surface area contributed by atoms with E-state index in [0.29, 0.717) is 36.1 Å². The summed E-state index contributed by atoms with van der Waals surface area (Å²) in [5.74, 6) is 2.75. The van der Waals surface area contributed by atoms with Crippen LogP contribution in [0.5, 0.6) is 23.0 Å². The number of nitrogens with zero attached hydrogens (tertiary/aromatic N) is 1. The van der Waals surface area contributed by atoms with Gasteiger partial charge in [-0.3, -0.25) is 9.69 Å². The molecule has 168 valence electrons. The molecule has 0 saturated carbocycles. The molecule has 6 heteroatoms. The highest BCUT2D eigenvalue weighted by atomic mass is 16.5. The van der Waals surface area contributed by atoms with Crippen LogP contribution in [0.4, 0.5) is 0 Å². The highest BCUT2D eigenvalue weighted by molar-refractivity contribution is 6.16. The molecule has 0 aliphatic carbocycles. The molecular weight excluding hydrogens is 418 g/mol. The van der Waals surface area contributed by atoms with Crippen LogP contribution in [0.15, 0.2) is 60.4 Å². The Kier molecular flexibility index (Phi) is 5.52. The number of hydrogen-bond donors (Lipinski definition) is 0. The minimum Gasteiger partial charge on any atom is -0.493 e. The summed E-state index contributed by atoms with van der Waals surface area (Å²) in [6, 6.07) is 17.7. The van der Waals surface area contributed by atoms with Crippen LogP contribution in [-0.4, -0.2) is 31.6 Å².